The first-order valence-electron chi connectivity index (χ1n) is 5.39. The van der Waals surface area contributed by atoms with Crippen LogP contribution in [0.2, 0.25) is 0 Å². The zero-order chi connectivity index (χ0) is 10.2. The first-order chi connectivity index (χ1) is 6.79. The van der Waals surface area contributed by atoms with E-state index in [0.717, 1.165) is 32.5 Å². The van der Waals surface area contributed by atoms with Gasteiger partial charge in [0.1, 0.15) is 0 Å². The summed E-state index contributed by atoms with van der Waals surface area (Å²) in [5.74, 6) is -0.217. The molecule has 1 aliphatic rings. The quantitative estimate of drug-likeness (QED) is 0.585. The van der Waals surface area contributed by atoms with Gasteiger partial charge in [0.05, 0.1) is 6.10 Å². The molecule has 1 saturated heterocycles. The molecule has 14 heavy (non-hydrogen) atoms. The lowest BCUT2D eigenvalue weighted by molar-refractivity contribution is -0.118. The molecule has 1 rings (SSSR count). The largest absolute Gasteiger partial charge is 0.378 e. The number of carbonyl (C=O) groups is 1. The first kappa shape index (κ1) is 11.5. The van der Waals surface area contributed by atoms with Gasteiger partial charge in [-0.1, -0.05) is 0 Å². The molecular weight excluding hydrogens is 180 g/mol. The van der Waals surface area contributed by atoms with E-state index in [0.29, 0.717) is 12.5 Å². The molecule has 1 heterocycles. The average Bonchev–Trinajstić information content (AvgIpc) is 2.63. The number of hydrogen-bond donors (Lipinski definition) is 2. The minimum Gasteiger partial charge on any atom is -0.378 e. The molecule has 4 nitrogen and oxygen atoms in total. The van der Waals surface area contributed by atoms with E-state index in [1.165, 1.54) is 12.8 Å². The maximum absolute atomic E-state index is 10.4. The zero-order valence-electron chi connectivity index (χ0n) is 8.63. The Kier molecular flexibility index (Phi) is 5.56. The molecule has 0 spiro atoms. The summed E-state index contributed by atoms with van der Waals surface area (Å²) in [7, 11) is 0. The van der Waals surface area contributed by atoms with Gasteiger partial charge in [0.2, 0.25) is 5.91 Å². The van der Waals surface area contributed by atoms with E-state index >= 15 is 0 Å². The van der Waals surface area contributed by atoms with Gasteiger partial charge < -0.3 is 15.8 Å². The Morgan fingerprint density at radius 3 is 3.00 bits per heavy atom. The van der Waals surface area contributed by atoms with Crippen molar-refractivity contribution in [2.24, 2.45) is 5.73 Å². The smallest absolute Gasteiger partial charge is 0.217 e. The van der Waals surface area contributed by atoms with Crippen LogP contribution in [0.25, 0.3) is 0 Å². The number of amides is 1. The predicted octanol–water partition coefficient (Wildman–Crippen LogP) is 0.411. The van der Waals surface area contributed by atoms with Crippen LogP contribution in [0.5, 0.6) is 0 Å². The molecule has 0 aliphatic carbocycles. The summed E-state index contributed by atoms with van der Waals surface area (Å²) < 4.78 is 5.48. The summed E-state index contributed by atoms with van der Waals surface area (Å²) in [4.78, 5) is 10.4. The molecule has 0 radical (unpaired) electrons. The van der Waals surface area contributed by atoms with E-state index in [-0.39, 0.29) is 5.91 Å². The Morgan fingerprint density at radius 2 is 2.36 bits per heavy atom. The second-order valence-corrected chi connectivity index (χ2v) is 3.74. The van der Waals surface area contributed by atoms with Gasteiger partial charge in [-0.3, -0.25) is 4.79 Å². The van der Waals surface area contributed by atoms with Gasteiger partial charge in [-0.15, -0.1) is 0 Å². The highest BCUT2D eigenvalue weighted by Crippen LogP contribution is 2.14. The first-order valence-corrected chi connectivity index (χ1v) is 5.39. The highest BCUT2D eigenvalue weighted by atomic mass is 16.5. The lowest BCUT2D eigenvalue weighted by atomic mass is 10.2. The van der Waals surface area contributed by atoms with Crippen LogP contribution < -0.4 is 11.1 Å². The van der Waals surface area contributed by atoms with E-state index in [1.54, 1.807) is 0 Å². The Hall–Kier alpha value is -0.610. The van der Waals surface area contributed by atoms with Crippen LogP contribution in [0.3, 0.4) is 0 Å². The number of hydrogen-bond acceptors (Lipinski definition) is 3. The fourth-order valence-corrected chi connectivity index (χ4v) is 1.65. The van der Waals surface area contributed by atoms with E-state index in [9.17, 15) is 4.79 Å². The van der Waals surface area contributed by atoms with Crippen LogP contribution in [-0.2, 0) is 9.53 Å². The van der Waals surface area contributed by atoms with Crippen LogP contribution in [0.15, 0.2) is 0 Å². The average molecular weight is 200 g/mol. The molecule has 1 fully saturated rings. The van der Waals surface area contributed by atoms with Crippen LogP contribution in [-0.4, -0.2) is 31.7 Å². The molecular formula is C10H20N2O2. The summed E-state index contributed by atoms with van der Waals surface area (Å²) in [6, 6.07) is 0. The van der Waals surface area contributed by atoms with Gasteiger partial charge in [-0.2, -0.15) is 0 Å². The normalized spacial score (nSPS) is 21.3. The van der Waals surface area contributed by atoms with E-state index in [2.05, 4.69) is 5.32 Å². The zero-order valence-corrected chi connectivity index (χ0v) is 8.63. The second-order valence-electron chi connectivity index (χ2n) is 3.74. The topological polar surface area (TPSA) is 64.4 Å². The summed E-state index contributed by atoms with van der Waals surface area (Å²) in [6.07, 6.45) is 5.25. The summed E-state index contributed by atoms with van der Waals surface area (Å²) in [5.41, 5.74) is 5.02. The Labute approximate surface area is 85.2 Å². The van der Waals surface area contributed by atoms with Crippen LogP contribution >= 0.6 is 0 Å². The van der Waals surface area contributed by atoms with Gasteiger partial charge in [0.15, 0.2) is 0 Å². The van der Waals surface area contributed by atoms with Gasteiger partial charge in [0, 0.05) is 13.0 Å². The molecule has 1 aliphatic heterocycles. The van der Waals surface area contributed by atoms with Gasteiger partial charge >= 0.3 is 0 Å². The number of carbonyl (C=O) groups excluding carboxylic acids is 1. The van der Waals surface area contributed by atoms with E-state index < -0.39 is 0 Å². The Balaban J connectivity index is 1.82. The number of rotatable bonds is 7. The fraction of sp³-hybridized carbons (Fsp3) is 0.900. The molecule has 1 amide bonds. The van der Waals surface area contributed by atoms with Crippen molar-refractivity contribution in [1.29, 1.82) is 0 Å². The number of nitrogens with one attached hydrogen (secondary N) is 1. The summed E-state index contributed by atoms with van der Waals surface area (Å²) in [5, 5.41) is 3.28. The molecule has 0 aromatic carbocycles. The van der Waals surface area contributed by atoms with Crippen LogP contribution in [0, 0.1) is 0 Å². The molecule has 0 bridgehead atoms. The van der Waals surface area contributed by atoms with Gasteiger partial charge in [-0.05, 0) is 38.8 Å². The van der Waals surface area contributed by atoms with Gasteiger partial charge in [-0.25, -0.2) is 0 Å². The van der Waals surface area contributed by atoms with Gasteiger partial charge in [0.25, 0.3) is 0 Å². The molecule has 1 atom stereocenters. The van der Waals surface area contributed by atoms with Crippen molar-refractivity contribution in [3.05, 3.63) is 0 Å². The molecule has 82 valence electrons. The molecule has 4 heteroatoms. The lowest BCUT2D eigenvalue weighted by Crippen LogP contribution is -2.22. The van der Waals surface area contributed by atoms with E-state index in [1.807, 2.05) is 0 Å². The predicted molar refractivity (Wildman–Crippen MR) is 54.9 cm³/mol. The van der Waals surface area contributed by atoms with Crippen molar-refractivity contribution in [2.75, 3.05) is 19.7 Å². The van der Waals surface area contributed by atoms with Crippen molar-refractivity contribution in [3.63, 3.8) is 0 Å². The highest BCUT2D eigenvalue weighted by Gasteiger charge is 2.14. The minimum atomic E-state index is -0.217. The SMILES string of the molecule is NC(=O)CCCNCCC1CCCO1. The number of ether oxygens (including phenoxy) is 1. The van der Waals surface area contributed by atoms with Crippen molar-refractivity contribution in [1.82, 2.24) is 5.32 Å². The molecule has 0 aromatic rings. The minimum absolute atomic E-state index is 0.217. The molecule has 3 N–H and O–H groups in total. The maximum Gasteiger partial charge on any atom is 0.217 e. The molecule has 0 saturated carbocycles. The maximum atomic E-state index is 10.4. The standard InChI is InChI=1S/C10H20N2O2/c11-10(13)4-1-6-12-7-5-9-3-2-8-14-9/h9,12H,1-8H2,(H2,11,13). The molecule has 0 aromatic heterocycles. The Bertz CT molecular complexity index is 168. The van der Waals surface area contributed by atoms with Crippen molar-refractivity contribution in [2.45, 2.75) is 38.2 Å². The number of nitrogens with two attached hydrogens (primary N) is 1. The highest BCUT2D eigenvalue weighted by molar-refractivity contribution is 5.73. The third-order valence-corrected chi connectivity index (χ3v) is 2.44. The third kappa shape index (κ3) is 5.19. The Morgan fingerprint density at radius 1 is 1.50 bits per heavy atom. The van der Waals surface area contributed by atoms with Crippen molar-refractivity contribution in [3.8, 4) is 0 Å². The fourth-order valence-electron chi connectivity index (χ4n) is 1.65. The van der Waals surface area contributed by atoms with Crippen LogP contribution in [0.4, 0.5) is 0 Å². The lowest BCUT2D eigenvalue weighted by Gasteiger charge is -2.09. The van der Waals surface area contributed by atoms with Crippen molar-refractivity contribution >= 4 is 5.91 Å². The van der Waals surface area contributed by atoms with E-state index in [4.69, 9.17) is 10.5 Å². The van der Waals surface area contributed by atoms with Crippen molar-refractivity contribution < 1.29 is 9.53 Å². The second kappa shape index (κ2) is 6.79. The third-order valence-electron chi connectivity index (χ3n) is 2.44. The summed E-state index contributed by atoms with van der Waals surface area (Å²) >= 11 is 0. The molecule has 1 unspecified atom stereocenters. The monoisotopic (exact) mass is 200 g/mol. The number of primary amides is 1. The summed E-state index contributed by atoms with van der Waals surface area (Å²) in [6.45, 7) is 2.77. The van der Waals surface area contributed by atoms with Crippen LogP contribution in [0.1, 0.15) is 32.1 Å².